The number of amides is 1. The SMILES string of the molecule is CCN(CC)C(=O)C1CCCN(Cc2nc(-c3ccc(F)cc3F)oc2C)C1. The number of oxazole rings is 1. The van der Waals surface area contributed by atoms with E-state index in [1.54, 1.807) is 6.92 Å². The van der Waals surface area contributed by atoms with E-state index in [0.29, 0.717) is 18.8 Å². The number of aryl methyl sites for hydroxylation is 1. The van der Waals surface area contributed by atoms with Gasteiger partial charge in [0.15, 0.2) is 0 Å². The molecule has 1 aliphatic heterocycles. The molecule has 1 unspecified atom stereocenters. The zero-order valence-corrected chi connectivity index (χ0v) is 16.7. The minimum absolute atomic E-state index is 0.00475. The molecular weight excluding hydrogens is 364 g/mol. The molecule has 0 aliphatic carbocycles. The number of aromatic nitrogens is 1. The van der Waals surface area contributed by atoms with Crippen molar-refractivity contribution < 1.29 is 18.0 Å². The Bertz CT molecular complexity index is 833. The number of hydrogen-bond donors (Lipinski definition) is 0. The van der Waals surface area contributed by atoms with Crippen molar-refractivity contribution in [3.63, 3.8) is 0 Å². The van der Waals surface area contributed by atoms with Crippen LogP contribution in [0.25, 0.3) is 11.5 Å². The third kappa shape index (κ3) is 4.41. The summed E-state index contributed by atoms with van der Waals surface area (Å²) in [6.07, 6.45) is 1.85. The topological polar surface area (TPSA) is 49.6 Å². The Kier molecular flexibility index (Phi) is 6.44. The van der Waals surface area contributed by atoms with E-state index in [1.807, 2.05) is 18.7 Å². The van der Waals surface area contributed by atoms with Crippen LogP contribution in [0.2, 0.25) is 0 Å². The standard InChI is InChI=1S/C21H27F2N3O2/c1-4-26(5-2)21(27)15-7-6-10-25(12-15)13-19-14(3)28-20(24-19)17-9-8-16(22)11-18(17)23/h8-9,11,15H,4-7,10,12-13H2,1-3H3. The molecule has 7 heteroatoms. The molecule has 28 heavy (non-hydrogen) atoms. The summed E-state index contributed by atoms with van der Waals surface area (Å²) in [5.41, 5.74) is 0.860. The van der Waals surface area contributed by atoms with Crippen LogP contribution in [0.1, 0.15) is 38.1 Å². The van der Waals surface area contributed by atoms with Crippen molar-refractivity contribution >= 4 is 5.91 Å². The molecule has 0 saturated carbocycles. The van der Waals surface area contributed by atoms with Crippen LogP contribution in [0.15, 0.2) is 22.6 Å². The van der Waals surface area contributed by atoms with Crippen LogP contribution < -0.4 is 0 Å². The predicted molar refractivity (Wildman–Crippen MR) is 103 cm³/mol. The Morgan fingerprint density at radius 1 is 1.32 bits per heavy atom. The number of carbonyl (C=O) groups is 1. The fourth-order valence-corrected chi connectivity index (χ4v) is 3.76. The van der Waals surface area contributed by atoms with Crippen molar-refractivity contribution in [3.05, 3.63) is 41.3 Å². The Balaban J connectivity index is 1.71. The first-order valence-electron chi connectivity index (χ1n) is 9.85. The quantitative estimate of drug-likeness (QED) is 0.747. The second-order valence-corrected chi connectivity index (χ2v) is 7.23. The molecule has 0 bridgehead atoms. The number of benzene rings is 1. The number of hydrogen-bond acceptors (Lipinski definition) is 4. The van der Waals surface area contributed by atoms with Crippen LogP contribution in [0, 0.1) is 24.5 Å². The van der Waals surface area contributed by atoms with E-state index in [2.05, 4.69) is 9.88 Å². The van der Waals surface area contributed by atoms with Gasteiger partial charge in [0.25, 0.3) is 0 Å². The van der Waals surface area contributed by atoms with E-state index in [9.17, 15) is 13.6 Å². The third-order valence-electron chi connectivity index (χ3n) is 5.36. The van der Waals surface area contributed by atoms with Gasteiger partial charge < -0.3 is 9.32 Å². The molecule has 1 atom stereocenters. The van der Waals surface area contributed by atoms with Crippen LogP contribution in [0.3, 0.4) is 0 Å². The Hall–Kier alpha value is -2.28. The molecule has 1 aromatic carbocycles. The Morgan fingerprint density at radius 3 is 2.75 bits per heavy atom. The zero-order chi connectivity index (χ0) is 20.3. The lowest BCUT2D eigenvalue weighted by molar-refractivity contribution is -0.137. The molecule has 3 rings (SSSR count). The van der Waals surface area contributed by atoms with Gasteiger partial charge in [-0.25, -0.2) is 13.8 Å². The van der Waals surface area contributed by atoms with E-state index in [0.717, 1.165) is 44.2 Å². The third-order valence-corrected chi connectivity index (χ3v) is 5.36. The van der Waals surface area contributed by atoms with Crippen LogP contribution in [0.5, 0.6) is 0 Å². The van der Waals surface area contributed by atoms with Gasteiger partial charge in [-0.2, -0.15) is 0 Å². The first-order valence-corrected chi connectivity index (χ1v) is 9.85. The molecule has 0 N–H and O–H groups in total. The normalized spacial score (nSPS) is 17.7. The maximum atomic E-state index is 14.0. The summed E-state index contributed by atoms with van der Waals surface area (Å²) < 4.78 is 32.8. The van der Waals surface area contributed by atoms with E-state index >= 15 is 0 Å². The molecule has 2 aromatic rings. The van der Waals surface area contributed by atoms with Crippen molar-refractivity contribution in [2.45, 2.75) is 40.2 Å². The molecule has 1 aliphatic rings. The molecule has 2 heterocycles. The van der Waals surface area contributed by atoms with Gasteiger partial charge >= 0.3 is 0 Å². The maximum absolute atomic E-state index is 14.0. The van der Waals surface area contributed by atoms with E-state index < -0.39 is 11.6 Å². The average Bonchev–Trinajstić information content (AvgIpc) is 3.03. The first kappa shape index (κ1) is 20.5. The molecule has 152 valence electrons. The molecule has 5 nitrogen and oxygen atoms in total. The molecule has 1 saturated heterocycles. The zero-order valence-electron chi connectivity index (χ0n) is 16.7. The van der Waals surface area contributed by atoms with Crippen LogP contribution in [-0.2, 0) is 11.3 Å². The van der Waals surface area contributed by atoms with E-state index in [-0.39, 0.29) is 23.3 Å². The van der Waals surface area contributed by atoms with Gasteiger partial charge in [-0.1, -0.05) is 0 Å². The number of carbonyl (C=O) groups excluding carboxylic acids is 1. The van der Waals surface area contributed by atoms with Gasteiger partial charge in [0.2, 0.25) is 11.8 Å². The Morgan fingerprint density at radius 2 is 2.07 bits per heavy atom. The summed E-state index contributed by atoms with van der Waals surface area (Å²) in [6, 6.07) is 3.34. The summed E-state index contributed by atoms with van der Waals surface area (Å²) >= 11 is 0. The highest BCUT2D eigenvalue weighted by Gasteiger charge is 2.29. The van der Waals surface area contributed by atoms with Gasteiger partial charge in [0.1, 0.15) is 17.4 Å². The highest BCUT2D eigenvalue weighted by molar-refractivity contribution is 5.79. The van der Waals surface area contributed by atoms with Crippen molar-refractivity contribution in [1.82, 2.24) is 14.8 Å². The van der Waals surface area contributed by atoms with Gasteiger partial charge in [-0.05, 0) is 52.3 Å². The lowest BCUT2D eigenvalue weighted by atomic mass is 9.96. The van der Waals surface area contributed by atoms with Gasteiger partial charge in [0.05, 0.1) is 17.2 Å². The lowest BCUT2D eigenvalue weighted by Crippen LogP contribution is -2.44. The second kappa shape index (κ2) is 8.82. The number of rotatable bonds is 6. The second-order valence-electron chi connectivity index (χ2n) is 7.23. The number of nitrogens with zero attached hydrogens (tertiary/aromatic N) is 3. The summed E-state index contributed by atoms with van der Waals surface area (Å²) in [5.74, 6) is -0.373. The fourth-order valence-electron chi connectivity index (χ4n) is 3.76. The number of likely N-dealkylation sites (tertiary alicyclic amines) is 1. The van der Waals surface area contributed by atoms with Crippen molar-refractivity contribution in [2.75, 3.05) is 26.2 Å². The summed E-state index contributed by atoms with van der Waals surface area (Å²) in [5, 5.41) is 0. The lowest BCUT2D eigenvalue weighted by Gasteiger charge is -2.34. The monoisotopic (exact) mass is 391 g/mol. The van der Waals surface area contributed by atoms with Crippen molar-refractivity contribution in [3.8, 4) is 11.5 Å². The Labute approximate surface area is 164 Å². The average molecular weight is 391 g/mol. The minimum Gasteiger partial charge on any atom is -0.441 e. The van der Waals surface area contributed by atoms with Crippen LogP contribution >= 0.6 is 0 Å². The van der Waals surface area contributed by atoms with Crippen LogP contribution in [0.4, 0.5) is 8.78 Å². The maximum Gasteiger partial charge on any atom is 0.229 e. The number of piperidine rings is 1. The summed E-state index contributed by atoms with van der Waals surface area (Å²) in [4.78, 5) is 21.2. The smallest absolute Gasteiger partial charge is 0.229 e. The summed E-state index contributed by atoms with van der Waals surface area (Å²) in [7, 11) is 0. The largest absolute Gasteiger partial charge is 0.441 e. The first-order chi connectivity index (χ1) is 13.4. The molecule has 0 spiro atoms. The molecule has 1 amide bonds. The van der Waals surface area contributed by atoms with Gasteiger partial charge in [-0.3, -0.25) is 9.69 Å². The molecule has 1 aromatic heterocycles. The summed E-state index contributed by atoms with van der Waals surface area (Å²) in [6.45, 7) is 9.34. The highest BCUT2D eigenvalue weighted by Crippen LogP contribution is 2.27. The predicted octanol–water partition coefficient (Wildman–Crippen LogP) is 4.01. The van der Waals surface area contributed by atoms with E-state index in [1.165, 1.54) is 12.1 Å². The van der Waals surface area contributed by atoms with E-state index in [4.69, 9.17) is 4.42 Å². The fraction of sp³-hybridized carbons (Fsp3) is 0.524. The molecule has 1 fully saturated rings. The highest BCUT2D eigenvalue weighted by atomic mass is 19.1. The van der Waals surface area contributed by atoms with Gasteiger partial charge in [-0.15, -0.1) is 0 Å². The minimum atomic E-state index is -0.698. The van der Waals surface area contributed by atoms with Crippen molar-refractivity contribution in [1.29, 1.82) is 0 Å². The van der Waals surface area contributed by atoms with Crippen LogP contribution in [-0.4, -0.2) is 46.9 Å². The van der Waals surface area contributed by atoms with Crippen molar-refractivity contribution in [2.24, 2.45) is 5.92 Å². The molecular formula is C21H27F2N3O2. The molecule has 0 radical (unpaired) electrons. The van der Waals surface area contributed by atoms with Gasteiger partial charge in [0, 0.05) is 32.2 Å². The number of halogens is 2.